The molecule has 2 aromatic rings. The molecule has 0 atom stereocenters. The standard InChI is InChI=1S/C18H14N2O4/c19-10-14(17(20)21)8-12-4-3-6-15(9-12)24-11-13-5-1-2-7-16(13)18(22)23/h1-9H,11H2,(H2,20,21)(H,22,23). The van der Waals surface area contributed by atoms with Crippen LogP contribution < -0.4 is 10.5 Å². The predicted molar refractivity (Wildman–Crippen MR) is 87.0 cm³/mol. The Morgan fingerprint density at radius 2 is 1.96 bits per heavy atom. The van der Waals surface area contributed by atoms with Gasteiger partial charge in [-0.2, -0.15) is 5.26 Å². The van der Waals surface area contributed by atoms with Crippen molar-refractivity contribution in [2.45, 2.75) is 6.61 Å². The molecule has 6 heteroatoms. The van der Waals surface area contributed by atoms with Crippen LogP contribution in [0.1, 0.15) is 21.5 Å². The molecule has 0 bridgehead atoms. The SMILES string of the molecule is N#CC(=Cc1cccc(OCc2ccccc2C(=O)O)c1)C(N)=O. The van der Waals surface area contributed by atoms with Crippen LogP contribution in [-0.4, -0.2) is 17.0 Å². The minimum atomic E-state index is -1.02. The molecule has 24 heavy (non-hydrogen) atoms. The van der Waals surface area contributed by atoms with E-state index >= 15 is 0 Å². The molecule has 0 saturated heterocycles. The number of ether oxygens (including phenoxy) is 1. The van der Waals surface area contributed by atoms with Crippen molar-refractivity contribution in [2.24, 2.45) is 5.73 Å². The first-order valence-corrected chi connectivity index (χ1v) is 6.97. The Labute approximate surface area is 138 Å². The van der Waals surface area contributed by atoms with E-state index in [0.29, 0.717) is 16.9 Å². The van der Waals surface area contributed by atoms with Crippen LogP contribution in [0.25, 0.3) is 6.08 Å². The van der Waals surface area contributed by atoms with Gasteiger partial charge in [-0.25, -0.2) is 4.79 Å². The van der Waals surface area contributed by atoms with E-state index < -0.39 is 11.9 Å². The number of amides is 1. The Bertz CT molecular complexity index is 850. The number of aromatic carboxylic acids is 1. The van der Waals surface area contributed by atoms with Crippen molar-refractivity contribution < 1.29 is 19.4 Å². The maximum absolute atomic E-state index is 11.2. The number of hydrogen-bond acceptors (Lipinski definition) is 4. The summed E-state index contributed by atoms with van der Waals surface area (Å²) < 4.78 is 5.61. The highest BCUT2D eigenvalue weighted by Gasteiger charge is 2.09. The first-order chi connectivity index (χ1) is 11.5. The summed E-state index contributed by atoms with van der Waals surface area (Å²) in [6.45, 7) is 0.0799. The second-order valence-corrected chi connectivity index (χ2v) is 4.86. The quantitative estimate of drug-likeness (QED) is 0.626. The average molecular weight is 322 g/mol. The second kappa shape index (κ2) is 7.61. The number of hydrogen-bond donors (Lipinski definition) is 2. The van der Waals surface area contributed by atoms with Crippen LogP contribution in [0.5, 0.6) is 5.75 Å². The van der Waals surface area contributed by atoms with Crippen molar-refractivity contribution in [3.8, 4) is 11.8 Å². The van der Waals surface area contributed by atoms with Crippen LogP contribution in [0.15, 0.2) is 54.1 Å². The highest BCUT2D eigenvalue weighted by atomic mass is 16.5. The molecule has 0 aliphatic rings. The molecule has 0 aliphatic carbocycles. The summed E-state index contributed by atoms with van der Waals surface area (Å²) in [4.78, 5) is 22.2. The van der Waals surface area contributed by atoms with E-state index in [1.807, 2.05) is 0 Å². The van der Waals surface area contributed by atoms with Crippen LogP contribution >= 0.6 is 0 Å². The van der Waals surface area contributed by atoms with Gasteiger partial charge in [0.2, 0.25) is 0 Å². The number of nitrogens with two attached hydrogens (primary N) is 1. The molecule has 0 unspecified atom stereocenters. The highest BCUT2D eigenvalue weighted by Crippen LogP contribution is 2.18. The van der Waals surface area contributed by atoms with Crippen LogP contribution in [0.2, 0.25) is 0 Å². The van der Waals surface area contributed by atoms with Crippen molar-refractivity contribution in [1.29, 1.82) is 5.26 Å². The van der Waals surface area contributed by atoms with Crippen molar-refractivity contribution in [3.05, 3.63) is 70.8 Å². The third-order valence-electron chi connectivity index (χ3n) is 3.20. The lowest BCUT2D eigenvalue weighted by atomic mass is 10.1. The normalized spacial score (nSPS) is 10.7. The van der Waals surface area contributed by atoms with E-state index in [0.717, 1.165) is 0 Å². The minimum absolute atomic E-state index is 0.0799. The van der Waals surface area contributed by atoms with Crippen LogP contribution in [0.4, 0.5) is 0 Å². The summed E-state index contributed by atoms with van der Waals surface area (Å²) in [5, 5.41) is 18.0. The zero-order valence-corrected chi connectivity index (χ0v) is 12.6. The van der Waals surface area contributed by atoms with Gasteiger partial charge in [0.25, 0.3) is 5.91 Å². The van der Waals surface area contributed by atoms with Crippen molar-refractivity contribution in [1.82, 2.24) is 0 Å². The average Bonchev–Trinajstić information content (AvgIpc) is 2.58. The number of carboxylic acids is 1. The largest absolute Gasteiger partial charge is 0.489 e. The van der Waals surface area contributed by atoms with Gasteiger partial charge in [-0.05, 0) is 29.8 Å². The Hall–Kier alpha value is -3.59. The first-order valence-electron chi connectivity index (χ1n) is 6.97. The Balaban J connectivity index is 2.18. The monoisotopic (exact) mass is 322 g/mol. The molecule has 120 valence electrons. The zero-order valence-electron chi connectivity index (χ0n) is 12.6. The molecule has 2 rings (SSSR count). The molecule has 0 saturated carbocycles. The summed E-state index contributed by atoms with van der Waals surface area (Å²) >= 11 is 0. The van der Waals surface area contributed by atoms with Crippen molar-refractivity contribution in [3.63, 3.8) is 0 Å². The van der Waals surface area contributed by atoms with Crippen LogP contribution in [-0.2, 0) is 11.4 Å². The van der Waals surface area contributed by atoms with E-state index in [4.69, 9.17) is 20.8 Å². The van der Waals surface area contributed by atoms with Crippen molar-refractivity contribution >= 4 is 18.0 Å². The van der Waals surface area contributed by atoms with Gasteiger partial charge >= 0.3 is 5.97 Å². The lowest BCUT2D eigenvalue weighted by Gasteiger charge is -2.09. The molecule has 3 N–H and O–H groups in total. The fourth-order valence-corrected chi connectivity index (χ4v) is 2.04. The smallest absolute Gasteiger partial charge is 0.336 e. The highest BCUT2D eigenvalue weighted by molar-refractivity contribution is 6.00. The summed E-state index contributed by atoms with van der Waals surface area (Å²) in [7, 11) is 0. The molecule has 0 spiro atoms. The van der Waals surface area contributed by atoms with E-state index in [-0.39, 0.29) is 17.7 Å². The third-order valence-corrected chi connectivity index (χ3v) is 3.20. The second-order valence-electron chi connectivity index (χ2n) is 4.86. The third kappa shape index (κ3) is 4.21. The van der Waals surface area contributed by atoms with Gasteiger partial charge < -0.3 is 15.6 Å². The molecule has 6 nitrogen and oxygen atoms in total. The molecule has 0 heterocycles. The lowest BCUT2D eigenvalue weighted by Crippen LogP contribution is -2.12. The first kappa shape index (κ1) is 16.8. The number of benzene rings is 2. The van der Waals surface area contributed by atoms with E-state index in [1.54, 1.807) is 48.5 Å². The molecule has 0 radical (unpaired) electrons. The number of primary amides is 1. The lowest BCUT2D eigenvalue weighted by molar-refractivity contribution is -0.114. The van der Waals surface area contributed by atoms with Gasteiger partial charge in [0.15, 0.2) is 0 Å². The molecule has 0 fully saturated rings. The number of rotatable bonds is 6. The minimum Gasteiger partial charge on any atom is -0.489 e. The molecule has 0 aromatic heterocycles. The van der Waals surface area contributed by atoms with Gasteiger partial charge in [-0.1, -0.05) is 30.3 Å². The Morgan fingerprint density at radius 3 is 2.62 bits per heavy atom. The van der Waals surface area contributed by atoms with E-state index in [2.05, 4.69) is 0 Å². The molecular weight excluding hydrogens is 308 g/mol. The van der Waals surface area contributed by atoms with Gasteiger partial charge in [-0.3, -0.25) is 4.79 Å². The number of carbonyl (C=O) groups excluding carboxylic acids is 1. The fourth-order valence-electron chi connectivity index (χ4n) is 2.04. The van der Waals surface area contributed by atoms with Gasteiger partial charge in [0.05, 0.1) is 5.56 Å². The van der Waals surface area contributed by atoms with Gasteiger partial charge in [0, 0.05) is 5.56 Å². The van der Waals surface area contributed by atoms with Crippen LogP contribution in [0, 0.1) is 11.3 Å². The fraction of sp³-hybridized carbons (Fsp3) is 0.0556. The van der Waals surface area contributed by atoms with Crippen LogP contribution in [0.3, 0.4) is 0 Å². The molecule has 0 aliphatic heterocycles. The van der Waals surface area contributed by atoms with E-state index in [1.165, 1.54) is 12.1 Å². The Kier molecular flexibility index (Phi) is 5.32. The van der Waals surface area contributed by atoms with E-state index in [9.17, 15) is 9.59 Å². The topological polar surface area (TPSA) is 113 Å². The summed E-state index contributed by atoms with van der Waals surface area (Å²) in [6, 6.07) is 15.0. The summed E-state index contributed by atoms with van der Waals surface area (Å²) in [6.07, 6.45) is 1.36. The zero-order chi connectivity index (χ0) is 17.5. The maximum Gasteiger partial charge on any atom is 0.336 e. The van der Waals surface area contributed by atoms with Gasteiger partial charge in [-0.15, -0.1) is 0 Å². The summed E-state index contributed by atoms with van der Waals surface area (Å²) in [5.41, 5.74) is 6.23. The maximum atomic E-state index is 11.2. The Morgan fingerprint density at radius 1 is 1.21 bits per heavy atom. The number of nitriles is 1. The molecule has 2 aromatic carbocycles. The number of carbonyl (C=O) groups is 2. The predicted octanol–water partition coefficient (Wildman–Crippen LogP) is 2.36. The summed E-state index contributed by atoms with van der Waals surface area (Å²) in [5.74, 6) is -1.35. The van der Waals surface area contributed by atoms with Gasteiger partial charge in [0.1, 0.15) is 24.0 Å². The van der Waals surface area contributed by atoms with Crippen molar-refractivity contribution in [2.75, 3.05) is 0 Å². The molecular formula is C18H14N2O4. The number of nitrogens with zero attached hydrogens (tertiary/aromatic N) is 1. The molecule has 1 amide bonds. The number of carboxylic acid groups (broad SMARTS) is 1.